The summed E-state index contributed by atoms with van der Waals surface area (Å²) in [7, 11) is 0. The highest BCUT2D eigenvalue weighted by atomic mass is 16.6. The summed E-state index contributed by atoms with van der Waals surface area (Å²) in [6, 6.07) is 0. The molecule has 0 aromatic heterocycles. The van der Waals surface area contributed by atoms with Gasteiger partial charge in [-0.15, -0.1) is 0 Å². The summed E-state index contributed by atoms with van der Waals surface area (Å²) in [5, 5.41) is 0. The van der Waals surface area contributed by atoms with Gasteiger partial charge in [0, 0.05) is 19.3 Å². The fourth-order valence-electron chi connectivity index (χ4n) is 8.81. The average molecular weight is 956 g/mol. The number of ether oxygens (including phenoxy) is 3. The molecule has 0 aliphatic carbocycles. The minimum Gasteiger partial charge on any atom is -0.462 e. The molecule has 0 spiro atoms. The van der Waals surface area contributed by atoms with Crippen molar-refractivity contribution in [3.8, 4) is 0 Å². The standard InChI is InChI=1S/C62H114O6/c1-4-7-10-13-16-19-22-25-28-29-30-31-32-33-34-35-38-40-43-46-49-52-55-61(64)67-58-59(68-62(65)56-53-50-47-44-41-37-27-24-21-18-15-12-9-6-3)57-66-60(63)54-51-48-45-42-39-36-26-23-20-17-14-11-8-5-2/h15,18,23-24,26-27,59H,4-14,16-17,19-22,25,28-58H2,1-3H3/b18-15-,26-23-,27-24-. The predicted molar refractivity (Wildman–Crippen MR) is 293 cm³/mol. The molecule has 0 N–H and O–H groups in total. The third kappa shape index (κ3) is 54.6. The van der Waals surface area contributed by atoms with Gasteiger partial charge in [0.05, 0.1) is 0 Å². The maximum Gasteiger partial charge on any atom is 0.306 e. The van der Waals surface area contributed by atoms with Crippen LogP contribution < -0.4 is 0 Å². The van der Waals surface area contributed by atoms with E-state index in [4.69, 9.17) is 14.2 Å². The van der Waals surface area contributed by atoms with Gasteiger partial charge >= 0.3 is 17.9 Å². The van der Waals surface area contributed by atoms with Crippen LogP contribution in [0.15, 0.2) is 36.5 Å². The average Bonchev–Trinajstić information content (AvgIpc) is 3.34. The molecule has 0 saturated heterocycles. The molecular formula is C62H114O6. The fraction of sp³-hybridized carbons (Fsp3) is 0.855. The van der Waals surface area contributed by atoms with Crippen molar-refractivity contribution in [1.29, 1.82) is 0 Å². The molecule has 0 aromatic carbocycles. The number of carbonyl (C=O) groups is 3. The molecular weight excluding hydrogens is 841 g/mol. The number of hydrogen-bond acceptors (Lipinski definition) is 6. The lowest BCUT2D eigenvalue weighted by atomic mass is 10.0. The first kappa shape index (κ1) is 65.6. The molecule has 68 heavy (non-hydrogen) atoms. The lowest BCUT2D eigenvalue weighted by molar-refractivity contribution is -0.167. The van der Waals surface area contributed by atoms with E-state index in [1.807, 2.05) is 0 Å². The highest BCUT2D eigenvalue weighted by Crippen LogP contribution is 2.17. The highest BCUT2D eigenvalue weighted by Gasteiger charge is 2.19. The molecule has 0 heterocycles. The van der Waals surface area contributed by atoms with Gasteiger partial charge in [-0.05, 0) is 70.6 Å². The second-order valence-electron chi connectivity index (χ2n) is 20.3. The molecule has 0 amide bonds. The second-order valence-corrected chi connectivity index (χ2v) is 20.3. The minimum absolute atomic E-state index is 0.0769. The lowest BCUT2D eigenvalue weighted by Crippen LogP contribution is -2.30. The van der Waals surface area contributed by atoms with Crippen LogP contribution in [0.25, 0.3) is 0 Å². The molecule has 0 aromatic rings. The zero-order chi connectivity index (χ0) is 49.3. The first-order valence-electron chi connectivity index (χ1n) is 30.0. The van der Waals surface area contributed by atoms with Crippen molar-refractivity contribution in [1.82, 2.24) is 0 Å². The summed E-state index contributed by atoms with van der Waals surface area (Å²) in [6.45, 7) is 6.62. The largest absolute Gasteiger partial charge is 0.462 e. The number of hydrogen-bond donors (Lipinski definition) is 0. The molecule has 0 aliphatic rings. The van der Waals surface area contributed by atoms with Gasteiger partial charge in [-0.3, -0.25) is 14.4 Å². The first-order chi connectivity index (χ1) is 33.5. The van der Waals surface area contributed by atoms with E-state index in [1.54, 1.807) is 0 Å². The van der Waals surface area contributed by atoms with Gasteiger partial charge in [0.25, 0.3) is 0 Å². The molecule has 0 saturated carbocycles. The topological polar surface area (TPSA) is 78.9 Å². The molecule has 1 atom stereocenters. The van der Waals surface area contributed by atoms with Crippen LogP contribution in [0.4, 0.5) is 0 Å². The monoisotopic (exact) mass is 955 g/mol. The Bertz CT molecular complexity index is 1140. The van der Waals surface area contributed by atoms with E-state index in [2.05, 4.69) is 57.2 Å². The van der Waals surface area contributed by atoms with E-state index >= 15 is 0 Å². The molecule has 0 aliphatic heterocycles. The summed E-state index contributed by atoms with van der Waals surface area (Å²) in [5.41, 5.74) is 0. The first-order valence-corrected chi connectivity index (χ1v) is 30.0. The quantitative estimate of drug-likeness (QED) is 0.0262. The van der Waals surface area contributed by atoms with Crippen LogP contribution >= 0.6 is 0 Å². The highest BCUT2D eigenvalue weighted by molar-refractivity contribution is 5.71. The third-order valence-electron chi connectivity index (χ3n) is 13.4. The van der Waals surface area contributed by atoms with Gasteiger partial charge in [-0.2, -0.15) is 0 Å². The van der Waals surface area contributed by atoms with Crippen LogP contribution in [-0.2, 0) is 28.6 Å². The minimum atomic E-state index is -0.780. The number of unbranched alkanes of at least 4 members (excludes halogenated alkanes) is 38. The SMILES string of the molecule is CCCC/C=C\C/C=C\CCCCCCCC(=O)OC(COC(=O)CCCCCCC/C=C\CCCCCCC)COC(=O)CCCCCCCCCCCCCCCCCCCCCCCC. The van der Waals surface area contributed by atoms with Crippen molar-refractivity contribution in [2.24, 2.45) is 0 Å². The third-order valence-corrected chi connectivity index (χ3v) is 13.4. The molecule has 398 valence electrons. The Morgan fingerprint density at radius 2 is 0.544 bits per heavy atom. The molecule has 6 nitrogen and oxygen atoms in total. The van der Waals surface area contributed by atoms with Crippen LogP contribution in [0.2, 0.25) is 0 Å². The lowest BCUT2D eigenvalue weighted by Gasteiger charge is -2.18. The Balaban J connectivity index is 4.28. The van der Waals surface area contributed by atoms with Crippen LogP contribution in [0.5, 0.6) is 0 Å². The van der Waals surface area contributed by atoms with Crippen LogP contribution in [-0.4, -0.2) is 37.2 Å². The summed E-state index contributed by atoms with van der Waals surface area (Å²) in [4.78, 5) is 38.2. The van der Waals surface area contributed by atoms with Crippen molar-refractivity contribution in [2.45, 2.75) is 329 Å². The van der Waals surface area contributed by atoms with Gasteiger partial charge < -0.3 is 14.2 Å². The van der Waals surface area contributed by atoms with Crippen molar-refractivity contribution in [2.75, 3.05) is 13.2 Å². The van der Waals surface area contributed by atoms with E-state index in [0.717, 1.165) is 89.9 Å². The molecule has 0 bridgehead atoms. The Morgan fingerprint density at radius 3 is 0.868 bits per heavy atom. The fourth-order valence-corrected chi connectivity index (χ4v) is 8.81. The summed E-state index contributed by atoms with van der Waals surface area (Å²) >= 11 is 0. The van der Waals surface area contributed by atoms with Crippen molar-refractivity contribution in [3.05, 3.63) is 36.5 Å². The Kier molecular flexibility index (Phi) is 55.2. The summed E-state index contributed by atoms with van der Waals surface area (Å²) in [5.74, 6) is -0.882. The summed E-state index contributed by atoms with van der Waals surface area (Å²) in [6.07, 6.45) is 68.6. The molecule has 0 radical (unpaired) electrons. The van der Waals surface area contributed by atoms with Crippen LogP contribution in [0.3, 0.4) is 0 Å². The van der Waals surface area contributed by atoms with Crippen molar-refractivity contribution in [3.63, 3.8) is 0 Å². The zero-order valence-electron chi connectivity index (χ0n) is 45.6. The van der Waals surface area contributed by atoms with Gasteiger partial charge in [0.2, 0.25) is 0 Å². The van der Waals surface area contributed by atoms with E-state index in [9.17, 15) is 14.4 Å². The number of allylic oxidation sites excluding steroid dienone is 6. The summed E-state index contributed by atoms with van der Waals surface area (Å²) < 4.78 is 16.9. The maximum atomic E-state index is 12.8. The molecule has 0 fully saturated rings. The Hall–Kier alpha value is -2.37. The predicted octanol–water partition coefficient (Wildman–Crippen LogP) is 20.0. The number of esters is 3. The Morgan fingerprint density at radius 1 is 0.294 bits per heavy atom. The Labute approximate surface area is 423 Å². The number of rotatable bonds is 55. The smallest absolute Gasteiger partial charge is 0.306 e. The maximum absolute atomic E-state index is 12.8. The number of carbonyl (C=O) groups excluding carboxylic acids is 3. The van der Waals surface area contributed by atoms with Gasteiger partial charge in [0.1, 0.15) is 13.2 Å². The van der Waals surface area contributed by atoms with Crippen molar-refractivity contribution < 1.29 is 28.6 Å². The van der Waals surface area contributed by atoms with E-state index in [0.29, 0.717) is 19.3 Å². The van der Waals surface area contributed by atoms with Crippen LogP contribution in [0, 0.1) is 0 Å². The van der Waals surface area contributed by atoms with Gasteiger partial charge in [0.15, 0.2) is 6.10 Å². The molecule has 0 rings (SSSR count). The zero-order valence-corrected chi connectivity index (χ0v) is 45.6. The van der Waals surface area contributed by atoms with Gasteiger partial charge in [-0.1, -0.05) is 269 Å². The van der Waals surface area contributed by atoms with E-state index < -0.39 is 6.10 Å². The van der Waals surface area contributed by atoms with Crippen molar-refractivity contribution >= 4 is 17.9 Å². The molecule has 1 unspecified atom stereocenters. The molecule has 6 heteroatoms. The van der Waals surface area contributed by atoms with E-state index in [1.165, 1.54) is 193 Å². The normalized spacial score (nSPS) is 12.2. The van der Waals surface area contributed by atoms with Gasteiger partial charge in [-0.25, -0.2) is 0 Å². The van der Waals surface area contributed by atoms with Crippen LogP contribution in [0.1, 0.15) is 323 Å². The second kappa shape index (κ2) is 57.2. The van der Waals surface area contributed by atoms with E-state index in [-0.39, 0.29) is 31.1 Å².